The van der Waals surface area contributed by atoms with E-state index in [4.69, 9.17) is 4.74 Å². The Kier molecular flexibility index (Phi) is 8.69. The van der Waals surface area contributed by atoms with E-state index in [-0.39, 0.29) is 11.5 Å². The van der Waals surface area contributed by atoms with E-state index in [1.165, 1.54) is 0 Å². The van der Waals surface area contributed by atoms with Crippen molar-refractivity contribution in [3.05, 3.63) is 101 Å². The summed E-state index contributed by atoms with van der Waals surface area (Å²) in [6.45, 7) is 4.77. The zero-order valence-corrected chi connectivity index (χ0v) is 21.8. The van der Waals surface area contributed by atoms with Crippen LogP contribution < -0.4 is 15.2 Å². The van der Waals surface area contributed by atoms with E-state index < -0.39 is 0 Å². The van der Waals surface area contributed by atoms with Gasteiger partial charge in [-0.1, -0.05) is 18.2 Å². The standard InChI is InChI=1S/C30H34N4O3/c1-23-7-4-5-8-27(23)32(2)30(36)15-19-34(22-24-13-16-31-17-14-24)18-6-20-37-26-10-11-28-25(21-26)9-12-29(35)33(28)3/h4-5,7-14,16-17,21H,6,15,18-20,22H2,1-3H3. The zero-order valence-electron chi connectivity index (χ0n) is 21.8. The van der Waals surface area contributed by atoms with E-state index in [1.807, 2.05) is 74.6 Å². The van der Waals surface area contributed by atoms with Crippen molar-refractivity contribution in [2.45, 2.75) is 26.3 Å². The number of rotatable bonds is 11. The molecule has 2 aromatic carbocycles. The number of anilines is 1. The number of nitrogens with zero attached hydrogens (tertiary/aromatic N) is 4. The van der Waals surface area contributed by atoms with Crippen LogP contribution in [0.25, 0.3) is 10.9 Å². The highest BCUT2D eigenvalue weighted by Gasteiger charge is 2.15. The maximum absolute atomic E-state index is 13.0. The molecule has 7 nitrogen and oxygen atoms in total. The average Bonchev–Trinajstić information content (AvgIpc) is 2.92. The maximum atomic E-state index is 13.0. The molecule has 7 heteroatoms. The molecule has 2 aromatic heterocycles. The van der Waals surface area contributed by atoms with Gasteiger partial charge < -0.3 is 14.2 Å². The zero-order chi connectivity index (χ0) is 26.2. The van der Waals surface area contributed by atoms with Crippen molar-refractivity contribution in [2.24, 2.45) is 7.05 Å². The molecular formula is C30H34N4O3. The molecule has 0 atom stereocenters. The van der Waals surface area contributed by atoms with Gasteiger partial charge in [0.2, 0.25) is 5.91 Å². The lowest BCUT2D eigenvalue weighted by atomic mass is 10.1. The van der Waals surface area contributed by atoms with Gasteiger partial charge in [-0.25, -0.2) is 0 Å². The summed E-state index contributed by atoms with van der Waals surface area (Å²) in [6.07, 6.45) is 4.84. The van der Waals surface area contributed by atoms with E-state index in [1.54, 1.807) is 35.0 Å². The van der Waals surface area contributed by atoms with Crippen molar-refractivity contribution in [3.8, 4) is 5.75 Å². The van der Waals surface area contributed by atoms with Gasteiger partial charge in [0, 0.05) is 69.7 Å². The largest absolute Gasteiger partial charge is 0.494 e. The van der Waals surface area contributed by atoms with Crippen LogP contribution in [0.5, 0.6) is 5.75 Å². The van der Waals surface area contributed by atoms with E-state index in [0.29, 0.717) is 19.6 Å². The van der Waals surface area contributed by atoms with Crippen LogP contribution in [0, 0.1) is 6.92 Å². The van der Waals surface area contributed by atoms with Crippen molar-refractivity contribution in [3.63, 3.8) is 0 Å². The number of fused-ring (bicyclic) bond motifs is 1. The number of benzene rings is 2. The Morgan fingerprint density at radius 2 is 1.78 bits per heavy atom. The summed E-state index contributed by atoms with van der Waals surface area (Å²) in [5, 5.41) is 0.968. The van der Waals surface area contributed by atoms with Crippen LogP contribution in [0.4, 0.5) is 5.69 Å². The van der Waals surface area contributed by atoms with Crippen LogP contribution in [0.2, 0.25) is 0 Å². The molecule has 192 valence electrons. The normalized spacial score (nSPS) is 11.1. The summed E-state index contributed by atoms with van der Waals surface area (Å²) in [4.78, 5) is 33.0. The summed E-state index contributed by atoms with van der Waals surface area (Å²) in [5.74, 6) is 0.873. The smallest absolute Gasteiger partial charge is 0.250 e. The first-order valence-electron chi connectivity index (χ1n) is 12.6. The molecule has 0 saturated heterocycles. The molecule has 0 fully saturated rings. The average molecular weight is 499 g/mol. The second-order valence-corrected chi connectivity index (χ2v) is 9.27. The molecule has 1 amide bonds. The van der Waals surface area contributed by atoms with Gasteiger partial charge in [-0.2, -0.15) is 0 Å². The third-order valence-corrected chi connectivity index (χ3v) is 6.63. The molecule has 37 heavy (non-hydrogen) atoms. The van der Waals surface area contributed by atoms with Crippen LogP contribution in [0.1, 0.15) is 24.0 Å². The van der Waals surface area contributed by atoms with Gasteiger partial charge in [0.25, 0.3) is 5.56 Å². The Hall–Kier alpha value is -3.97. The Balaban J connectivity index is 1.34. The Morgan fingerprint density at radius 3 is 2.57 bits per heavy atom. The molecule has 4 aromatic rings. The highest BCUT2D eigenvalue weighted by atomic mass is 16.5. The number of pyridine rings is 2. The van der Waals surface area contributed by atoms with Crippen LogP contribution in [-0.2, 0) is 18.4 Å². The van der Waals surface area contributed by atoms with E-state index in [2.05, 4.69) is 9.88 Å². The summed E-state index contributed by atoms with van der Waals surface area (Å²) in [6, 6.07) is 21.1. The fourth-order valence-corrected chi connectivity index (χ4v) is 4.44. The number of carbonyl (C=O) groups is 1. The number of ether oxygens (including phenoxy) is 1. The van der Waals surface area contributed by atoms with Gasteiger partial charge in [0.15, 0.2) is 0 Å². The predicted molar refractivity (Wildman–Crippen MR) is 148 cm³/mol. The van der Waals surface area contributed by atoms with Crippen LogP contribution >= 0.6 is 0 Å². The van der Waals surface area contributed by atoms with Crippen LogP contribution in [0.15, 0.2) is 83.9 Å². The predicted octanol–water partition coefficient (Wildman–Crippen LogP) is 4.57. The van der Waals surface area contributed by atoms with Crippen LogP contribution in [-0.4, -0.2) is 47.1 Å². The molecule has 0 radical (unpaired) electrons. The van der Waals surface area contributed by atoms with Crippen molar-refractivity contribution in [1.82, 2.24) is 14.5 Å². The molecule has 2 heterocycles. The molecule has 0 bridgehead atoms. The molecule has 0 aliphatic rings. The molecule has 4 rings (SSSR count). The van der Waals surface area contributed by atoms with Gasteiger partial charge in [-0.05, 0) is 66.9 Å². The Morgan fingerprint density at radius 1 is 1.00 bits per heavy atom. The minimum absolute atomic E-state index is 0.0287. The summed E-state index contributed by atoms with van der Waals surface area (Å²) in [5.41, 5.74) is 4.04. The molecule has 0 aliphatic carbocycles. The highest BCUT2D eigenvalue weighted by molar-refractivity contribution is 5.93. The van der Waals surface area contributed by atoms with Gasteiger partial charge >= 0.3 is 0 Å². The summed E-state index contributed by atoms with van der Waals surface area (Å²) in [7, 11) is 3.61. The van der Waals surface area contributed by atoms with Crippen molar-refractivity contribution >= 4 is 22.5 Å². The Labute approximate surface area is 217 Å². The van der Waals surface area contributed by atoms with Crippen molar-refractivity contribution in [1.29, 1.82) is 0 Å². The lowest BCUT2D eigenvalue weighted by Crippen LogP contribution is -2.33. The second-order valence-electron chi connectivity index (χ2n) is 9.27. The SMILES string of the molecule is Cc1ccccc1N(C)C(=O)CCN(CCCOc1ccc2c(ccc(=O)n2C)c1)Cc1ccncc1. The van der Waals surface area contributed by atoms with Gasteiger partial charge in [-0.15, -0.1) is 0 Å². The fourth-order valence-electron chi connectivity index (χ4n) is 4.44. The first-order valence-corrected chi connectivity index (χ1v) is 12.6. The first-order chi connectivity index (χ1) is 17.9. The lowest BCUT2D eigenvalue weighted by molar-refractivity contribution is -0.118. The monoisotopic (exact) mass is 498 g/mol. The molecular weight excluding hydrogens is 464 g/mol. The third-order valence-electron chi connectivity index (χ3n) is 6.63. The van der Waals surface area contributed by atoms with E-state index in [9.17, 15) is 9.59 Å². The number of aromatic nitrogens is 2. The highest BCUT2D eigenvalue weighted by Crippen LogP contribution is 2.20. The van der Waals surface area contributed by atoms with Gasteiger partial charge in [0.1, 0.15) is 5.75 Å². The van der Waals surface area contributed by atoms with Gasteiger partial charge in [0.05, 0.1) is 12.1 Å². The number of aryl methyl sites for hydroxylation is 2. The number of carbonyl (C=O) groups excluding carboxylic acids is 1. The number of hydrogen-bond acceptors (Lipinski definition) is 5. The second kappa shape index (κ2) is 12.3. The van der Waals surface area contributed by atoms with E-state index in [0.717, 1.165) is 53.0 Å². The summed E-state index contributed by atoms with van der Waals surface area (Å²) < 4.78 is 7.65. The number of para-hydroxylation sites is 1. The van der Waals surface area contributed by atoms with Gasteiger partial charge in [-0.3, -0.25) is 19.5 Å². The van der Waals surface area contributed by atoms with Crippen molar-refractivity contribution < 1.29 is 9.53 Å². The molecule has 0 N–H and O–H groups in total. The molecule has 0 aliphatic heterocycles. The minimum Gasteiger partial charge on any atom is -0.494 e. The third kappa shape index (κ3) is 6.83. The minimum atomic E-state index is -0.0287. The van der Waals surface area contributed by atoms with Crippen molar-refractivity contribution in [2.75, 3.05) is 31.6 Å². The summed E-state index contributed by atoms with van der Waals surface area (Å²) >= 11 is 0. The lowest BCUT2D eigenvalue weighted by Gasteiger charge is -2.24. The van der Waals surface area contributed by atoms with E-state index >= 15 is 0 Å². The topological polar surface area (TPSA) is 67.7 Å². The number of hydrogen-bond donors (Lipinski definition) is 0. The Bertz CT molecular complexity index is 1400. The quantitative estimate of drug-likeness (QED) is 0.284. The van der Waals surface area contributed by atoms with Crippen LogP contribution in [0.3, 0.4) is 0 Å². The number of amides is 1. The molecule has 0 saturated carbocycles. The first kappa shape index (κ1) is 26.1. The maximum Gasteiger partial charge on any atom is 0.250 e. The molecule has 0 unspecified atom stereocenters. The molecule has 0 spiro atoms. The fraction of sp³-hybridized carbons (Fsp3) is 0.300.